The van der Waals surface area contributed by atoms with Gasteiger partial charge in [-0.05, 0) is 25.1 Å². The molecule has 3 rings (SSSR count). The SMILES string of the molecule is C[C@H](O)c1nc(-c2ccc3nccnc3c2)no1. The van der Waals surface area contributed by atoms with Crippen LogP contribution in [0.3, 0.4) is 0 Å². The maximum Gasteiger partial charge on any atom is 0.255 e. The van der Waals surface area contributed by atoms with Gasteiger partial charge in [0.2, 0.25) is 5.82 Å². The molecule has 0 bridgehead atoms. The zero-order valence-corrected chi connectivity index (χ0v) is 9.61. The van der Waals surface area contributed by atoms with Gasteiger partial charge in [0.1, 0.15) is 6.10 Å². The van der Waals surface area contributed by atoms with Crippen LogP contribution in [0.1, 0.15) is 18.9 Å². The van der Waals surface area contributed by atoms with Crippen molar-refractivity contribution in [3.8, 4) is 11.4 Å². The lowest BCUT2D eigenvalue weighted by molar-refractivity contribution is 0.152. The van der Waals surface area contributed by atoms with E-state index in [4.69, 9.17) is 4.52 Å². The van der Waals surface area contributed by atoms with Gasteiger partial charge in [-0.3, -0.25) is 9.97 Å². The predicted molar refractivity (Wildman–Crippen MR) is 63.5 cm³/mol. The Morgan fingerprint density at radius 1 is 1.17 bits per heavy atom. The molecule has 2 heterocycles. The molecule has 0 fully saturated rings. The number of aliphatic hydroxyl groups is 1. The summed E-state index contributed by atoms with van der Waals surface area (Å²) < 4.78 is 4.95. The quantitative estimate of drug-likeness (QED) is 0.736. The van der Waals surface area contributed by atoms with Gasteiger partial charge in [-0.15, -0.1) is 0 Å². The second kappa shape index (κ2) is 4.15. The van der Waals surface area contributed by atoms with E-state index in [9.17, 15) is 5.11 Å². The fourth-order valence-electron chi connectivity index (χ4n) is 1.62. The van der Waals surface area contributed by atoms with E-state index in [1.165, 1.54) is 0 Å². The number of benzene rings is 1. The van der Waals surface area contributed by atoms with Crippen molar-refractivity contribution in [3.05, 3.63) is 36.5 Å². The number of rotatable bonds is 2. The molecule has 0 aliphatic carbocycles. The molecule has 0 radical (unpaired) electrons. The molecular weight excluding hydrogens is 232 g/mol. The average Bonchev–Trinajstić information content (AvgIpc) is 2.88. The van der Waals surface area contributed by atoms with Crippen LogP contribution in [0.25, 0.3) is 22.4 Å². The van der Waals surface area contributed by atoms with E-state index in [0.717, 1.165) is 16.6 Å². The highest BCUT2D eigenvalue weighted by Crippen LogP contribution is 2.21. The molecule has 1 N–H and O–H groups in total. The maximum absolute atomic E-state index is 9.34. The number of nitrogens with zero attached hydrogens (tertiary/aromatic N) is 4. The van der Waals surface area contributed by atoms with Crippen molar-refractivity contribution in [2.24, 2.45) is 0 Å². The Morgan fingerprint density at radius 3 is 2.67 bits per heavy atom. The molecule has 6 heteroatoms. The van der Waals surface area contributed by atoms with Crippen LogP contribution >= 0.6 is 0 Å². The van der Waals surface area contributed by atoms with Gasteiger partial charge in [-0.2, -0.15) is 4.98 Å². The van der Waals surface area contributed by atoms with Gasteiger partial charge in [0.25, 0.3) is 5.89 Å². The van der Waals surface area contributed by atoms with Gasteiger partial charge in [0, 0.05) is 18.0 Å². The molecule has 1 atom stereocenters. The number of hydrogen-bond acceptors (Lipinski definition) is 6. The monoisotopic (exact) mass is 242 g/mol. The Hall–Kier alpha value is -2.34. The Morgan fingerprint density at radius 2 is 1.94 bits per heavy atom. The van der Waals surface area contributed by atoms with Crippen LogP contribution in [0, 0.1) is 0 Å². The van der Waals surface area contributed by atoms with Crippen LogP contribution < -0.4 is 0 Å². The molecule has 0 aliphatic rings. The summed E-state index contributed by atoms with van der Waals surface area (Å²) in [5.41, 5.74) is 2.34. The van der Waals surface area contributed by atoms with Gasteiger partial charge < -0.3 is 9.63 Å². The number of fused-ring (bicyclic) bond motifs is 1. The topological polar surface area (TPSA) is 84.9 Å². The minimum absolute atomic E-state index is 0.198. The van der Waals surface area contributed by atoms with E-state index in [1.807, 2.05) is 18.2 Å². The first-order valence-corrected chi connectivity index (χ1v) is 5.47. The van der Waals surface area contributed by atoms with E-state index >= 15 is 0 Å². The Labute approximate surface area is 102 Å². The molecule has 2 aromatic heterocycles. The average molecular weight is 242 g/mol. The van der Waals surface area contributed by atoms with E-state index < -0.39 is 6.10 Å². The molecule has 0 aliphatic heterocycles. The Bertz CT molecular complexity index is 693. The van der Waals surface area contributed by atoms with Gasteiger partial charge >= 0.3 is 0 Å². The minimum atomic E-state index is -0.772. The first-order chi connectivity index (χ1) is 8.74. The summed E-state index contributed by atoms with van der Waals surface area (Å²) in [6.07, 6.45) is 2.50. The van der Waals surface area contributed by atoms with Crippen molar-refractivity contribution in [1.29, 1.82) is 0 Å². The highest BCUT2D eigenvalue weighted by molar-refractivity contribution is 5.79. The maximum atomic E-state index is 9.34. The van der Waals surface area contributed by atoms with E-state index in [0.29, 0.717) is 5.82 Å². The lowest BCUT2D eigenvalue weighted by atomic mass is 10.2. The van der Waals surface area contributed by atoms with Crippen molar-refractivity contribution < 1.29 is 9.63 Å². The lowest BCUT2D eigenvalue weighted by Crippen LogP contribution is -1.90. The minimum Gasteiger partial charge on any atom is -0.384 e. The molecule has 0 unspecified atom stereocenters. The second-order valence-corrected chi connectivity index (χ2v) is 3.89. The zero-order valence-electron chi connectivity index (χ0n) is 9.61. The molecule has 0 saturated carbocycles. The summed E-state index contributed by atoms with van der Waals surface area (Å²) in [4.78, 5) is 12.5. The van der Waals surface area contributed by atoms with Crippen molar-refractivity contribution in [1.82, 2.24) is 20.1 Å². The highest BCUT2D eigenvalue weighted by Gasteiger charge is 2.13. The normalized spacial score (nSPS) is 12.8. The first-order valence-electron chi connectivity index (χ1n) is 5.47. The van der Waals surface area contributed by atoms with Crippen molar-refractivity contribution >= 4 is 11.0 Å². The van der Waals surface area contributed by atoms with E-state index in [2.05, 4.69) is 20.1 Å². The summed E-state index contributed by atoms with van der Waals surface area (Å²) >= 11 is 0. The summed E-state index contributed by atoms with van der Waals surface area (Å²) in [7, 11) is 0. The fraction of sp³-hybridized carbons (Fsp3) is 0.167. The third-order valence-corrected chi connectivity index (χ3v) is 2.53. The summed E-state index contributed by atoms with van der Waals surface area (Å²) in [6.45, 7) is 1.57. The van der Waals surface area contributed by atoms with Gasteiger partial charge in [0.05, 0.1) is 11.0 Å². The Balaban J connectivity index is 2.07. The zero-order chi connectivity index (χ0) is 12.5. The van der Waals surface area contributed by atoms with Crippen LogP contribution in [0.4, 0.5) is 0 Å². The standard InChI is InChI=1S/C12H10N4O2/c1-7(17)12-15-11(16-18-12)8-2-3-9-10(6-8)14-5-4-13-9/h2-7,17H,1H3/t7-/m0/s1. The van der Waals surface area contributed by atoms with Crippen molar-refractivity contribution in [2.45, 2.75) is 13.0 Å². The van der Waals surface area contributed by atoms with Crippen LogP contribution in [0.2, 0.25) is 0 Å². The number of aromatic nitrogens is 4. The second-order valence-electron chi connectivity index (χ2n) is 3.89. The van der Waals surface area contributed by atoms with Crippen LogP contribution in [0.15, 0.2) is 35.1 Å². The van der Waals surface area contributed by atoms with Crippen LogP contribution in [0.5, 0.6) is 0 Å². The van der Waals surface area contributed by atoms with E-state index in [1.54, 1.807) is 19.3 Å². The number of aliphatic hydroxyl groups excluding tert-OH is 1. The summed E-state index contributed by atoms with van der Waals surface area (Å²) in [5.74, 6) is 0.627. The lowest BCUT2D eigenvalue weighted by Gasteiger charge is -1.97. The summed E-state index contributed by atoms with van der Waals surface area (Å²) in [6, 6.07) is 5.52. The predicted octanol–water partition coefficient (Wildman–Crippen LogP) is 1.73. The molecule has 0 spiro atoms. The molecular formula is C12H10N4O2. The van der Waals surface area contributed by atoms with Gasteiger partial charge in [-0.1, -0.05) is 5.16 Å². The largest absolute Gasteiger partial charge is 0.384 e. The fourth-order valence-corrected chi connectivity index (χ4v) is 1.62. The first kappa shape index (κ1) is 10.8. The molecule has 0 amide bonds. The highest BCUT2D eigenvalue weighted by atomic mass is 16.5. The van der Waals surface area contributed by atoms with Crippen LogP contribution in [-0.2, 0) is 0 Å². The Kier molecular flexibility index (Phi) is 2.49. The van der Waals surface area contributed by atoms with Crippen molar-refractivity contribution in [2.75, 3.05) is 0 Å². The molecule has 6 nitrogen and oxygen atoms in total. The van der Waals surface area contributed by atoms with E-state index in [-0.39, 0.29) is 5.89 Å². The molecule has 18 heavy (non-hydrogen) atoms. The van der Waals surface area contributed by atoms with Gasteiger partial charge in [0.15, 0.2) is 0 Å². The van der Waals surface area contributed by atoms with Gasteiger partial charge in [-0.25, -0.2) is 0 Å². The smallest absolute Gasteiger partial charge is 0.255 e. The third-order valence-electron chi connectivity index (χ3n) is 2.53. The van der Waals surface area contributed by atoms with Crippen molar-refractivity contribution in [3.63, 3.8) is 0 Å². The summed E-state index contributed by atoms with van der Waals surface area (Å²) in [5, 5.41) is 13.2. The molecule has 0 saturated heterocycles. The number of hydrogen-bond donors (Lipinski definition) is 1. The third kappa shape index (κ3) is 1.82. The van der Waals surface area contributed by atoms with Crippen LogP contribution in [-0.4, -0.2) is 25.2 Å². The molecule has 90 valence electrons. The molecule has 1 aromatic carbocycles. The molecule has 3 aromatic rings.